The van der Waals surface area contributed by atoms with Crippen LogP contribution in [-0.4, -0.2) is 10.1 Å². The predicted octanol–water partition coefficient (Wildman–Crippen LogP) is 3.41. The molecule has 0 fully saturated rings. The third-order valence-corrected chi connectivity index (χ3v) is 3.10. The van der Waals surface area contributed by atoms with Gasteiger partial charge in [-0.3, -0.25) is 4.79 Å². The fraction of sp³-hybridized carbons (Fsp3) is 0.100. The maximum atomic E-state index is 12.7. The van der Waals surface area contributed by atoms with Crippen molar-refractivity contribution in [2.75, 3.05) is 0 Å². The third-order valence-electron chi connectivity index (χ3n) is 2.45. The average Bonchev–Trinajstić information content (AvgIpc) is 2.29. The summed E-state index contributed by atoms with van der Waals surface area (Å²) in [4.78, 5) is 23.8. The molecule has 0 radical (unpaired) electrons. The molecule has 5 nitrogen and oxygen atoms in total. The van der Waals surface area contributed by atoms with Gasteiger partial charge in [0.1, 0.15) is 0 Å². The van der Waals surface area contributed by atoms with Crippen LogP contribution in [0.2, 0.25) is 0 Å². The van der Waals surface area contributed by atoms with Gasteiger partial charge >= 0.3 is 6.18 Å². The van der Waals surface area contributed by atoms with E-state index in [0.29, 0.717) is 6.07 Å². The number of nitrogens with zero attached hydrogens (tertiary/aromatic N) is 1. The van der Waals surface area contributed by atoms with Gasteiger partial charge in [-0.15, -0.1) is 4.91 Å². The van der Waals surface area contributed by atoms with Crippen molar-refractivity contribution in [3.8, 4) is 5.75 Å². The number of H-pyrrole nitrogens is 1. The highest BCUT2D eigenvalue weighted by molar-refractivity contribution is 9.10. The Kier molecular flexibility index (Phi) is 3.09. The molecule has 19 heavy (non-hydrogen) atoms. The molecule has 1 aromatic carbocycles. The van der Waals surface area contributed by atoms with Crippen molar-refractivity contribution in [2.24, 2.45) is 5.18 Å². The van der Waals surface area contributed by atoms with Crippen molar-refractivity contribution < 1.29 is 18.3 Å². The zero-order valence-electron chi connectivity index (χ0n) is 8.88. The first-order valence-electron chi connectivity index (χ1n) is 4.74. The topological polar surface area (TPSA) is 82.5 Å². The molecule has 1 heterocycles. The lowest BCUT2D eigenvalue weighted by Crippen LogP contribution is -2.09. The number of pyridine rings is 1. The highest BCUT2D eigenvalue weighted by Gasteiger charge is 2.33. The SMILES string of the molecule is O=Nc1c(O)c2cc(Br)c(C(F)(F)F)cc2[nH]c1=O. The van der Waals surface area contributed by atoms with Gasteiger partial charge in [0.15, 0.2) is 5.75 Å². The lowest BCUT2D eigenvalue weighted by atomic mass is 10.1. The zero-order valence-corrected chi connectivity index (χ0v) is 10.5. The Hall–Kier alpha value is -1.90. The molecule has 0 saturated heterocycles. The number of rotatable bonds is 1. The number of fused-ring (bicyclic) bond motifs is 1. The van der Waals surface area contributed by atoms with E-state index in [1.54, 1.807) is 0 Å². The molecule has 0 saturated carbocycles. The van der Waals surface area contributed by atoms with Crippen LogP contribution in [0.1, 0.15) is 5.56 Å². The number of hydrogen-bond acceptors (Lipinski definition) is 4. The number of nitrogens with one attached hydrogen (secondary N) is 1. The van der Waals surface area contributed by atoms with E-state index in [2.05, 4.69) is 26.1 Å². The second kappa shape index (κ2) is 4.34. The van der Waals surface area contributed by atoms with Crippen LogP contribution >= 0.6 is 15.9 Å². The number of halogens is 4. The van der Waals surface area contributed by atoms with Crippen molar-refractivity contribution in [1.29, 1.82) is 0 Å². The van der Waals surface area contributed by atoms with E-state index in [9.17, 15) is 28.0 Å². The zero-order chi connectivity index (χ0) is 14.4. The summed E-state index contributed by atoms with van der Waals surface area (Å²) >= 11 is 2.72. The fourth-order valence-corrected chi connectivity index (χ4v) is 2.16. The Labute approximate surface area is 111 Å². The molecule has 0 aliphatic heterocycles. The Bertz CT molecular complexity index is 739. The molecule has 2 N–H and O–H groups in total. The van der Waals surface area contributed by atoms with Crippen LogP contribution in [0.4, 0.5) is 18.9 Å². The Morgan fingerprint density at radius 2 is 1.95 bits per heavy atom. The molecule has 0 aliphatic carbocycles. The molecule has 2 rings (SSSR count). The van der Waals surface area contributed by atoms with Crippen molar-refractivity contribution in [3.05, 3.63) is 37.4 Å². The summed E-state index contributed by atoms with van der Waals surface area (Å²) in [7, 11) is 0. The molecule has 0 bridgehead atoms. The molecule has 1 aromatic heterocycles. The normalized spacial score (nSPS) is 11.8. The number of aromatic nitrogens is 1. The molecule has 2 aromatic rings. The summed E-state index contributed by atoms with van der Waals surface area (Å²) in [6.45, 7) is 0. The number of aromatic amines is 1. The van der Waals surface area contributed by atoms with Gasteiger partial charge < -0.3 is 10.1 Å². The van der Waals surface area contributed by atoms with Crippen LogP contribution in [-0.2, 0) is 6.18 Å². The minimum atomic E-state index is -4.62. The summed E-state index contributed by atoms with van der Waals surface area (Å²) in [6.07, 6.45) is -4.62. The van der Waals surface area contributed by atoms with Gasteiger partial charge in [0.05, 0.1) is 11.1 Å². The van der Waals surface area contributed by atoms with Gasteiger partial charge in [0.2, 0.25) is 5.69 Å². The summed E-state index contributed by atoms with van der Waals surface area (Å²) in [5.74, 6) is -0.761. The standard InChI is InChI=1S/C10H4BrF3N2O3/c11-5-1-3-6(2-4(5)10(12,13)14)15-9(18)7(16-19)8(3)17/h1-2H,(H2,15,17,18). The van der Waals surface area contributed by atoms with Crippen LogP contribution in [0, 0.1) is 4.91 Å². The molecule has 9 heteroatoms. The minimum Gasteiger partial charge on any atom is -0.505 e. The highest BCUT2D eigenvalue weighted by atomic mass is 79.9. The maximum absolute atomic E-state index is 12.7. The molecular weight excluding hydrogens is 333 g/mol. The average molecular weight is 337 g/mol. The van der Waals surface area contributed by atoms with Gasteiger partial charge in [0, 0.05) is 9.86 Å². The quantitative estimate of drug-likeness (QED) is 0.783. The van der Waals surface area contributed by atoms with Crippen LogP contribution < -0.4 is 5.56 Å². The van der Waals surface area contributed by atoms with Crippen LogP contribution in [0.25, 0.3) is 10.9 Å². The van der Waals surface area contributed by atoms with Crippen molar-refractivity contribution >= 4 is 32.5 Å². The minimum absolute atomic E-state index is 0.117. The van der Waals surface area contributed by atoms with Crippen molar-refractivity contribution in [2.45, 2.75) is 6.18 Å². The van der Waals surface area contributed by atoms with E-state index in [1.807, 2.05) is 0 Å². The Morgan fingerprint density at radius 1 is 1.32 bits per heavy atom. The van der Waals surface area contributed by atoms with E-state index in [4.69, 9.17) is 0 Å². The lowest BCUT2D eigenvalue weighted by molar-refractivity contribution is -0.138. The van der Waals surface area contributed by atoms with E-state index in [-0.39, 0.29) is 15.4 Å². The van der Waals surface area contributed by atoms with Gasteiger partial charge in [-0.05, 0) is 17.3 Å². The Balaban J connectivity index is 2.91. The van der Waals surface area contributed by atoms with Crippen LogP contribution in [0.5, 0.6) is 5.75 Å². The number of benzene rings is 1. The highest BCUT2D eigenvalue weighted by Crippen LogP contribution is 2.39. The first-order valence-corrected chi connectivity index (χ1v) is 5.54. The number of aromatic hydroxyl groups is 1. The lowest BCUT2D eigenvalue weighted by Gasteiger charge is -2.11. The maximum Gasteiger partial charge on any atom is 0.417 e. The molecule has 0 unspecified atom stereocenters. The van der Waals surface area contributed by atoms with E-state index < -0.39 is 28.7 Å². The van der Waals surface area contributed by atoms with Gasteiger partial charge in [0.25, 0.3) is 5.56 Å². The number of hydrogen-bond donors (Lipinski definition) is 2. The van der Waals surface area contributed by atoms with Crippen LogP contribution in [0.3, 0.4) is 0 Å². The van der Waals surface area contributed by atoms with E-state index in [0.717, 1.165) is 6.07 Å². The van der Waals surface area contributed by atoms with Gasteiger partial charge in [-0.25, -0.2) is 0 Å². The largest absolute Gasteiger partial charge is 0.505 e. The van der Waals surface area contributed by atoms with Crippen LogP contribution in [0.15, 0.2) is 26.6 Å². The summed E-state index contributed by atoms with van der Waals surface area (Å²) in [5, 5.41) is 11.9. The van der Waals surface area contributed by atoms with E-state index in [1.165, 1.54) is 0 Å². The summed E-state index contributed by atoms with van der Waals surface area (Å²) in [5.41, 5.74) is -3.10. The molecule has 0 aliphatic rings. The second-order valence-electron chi connectivity index (χ2n) is 3.62. The monoisotopic (exact) mass is 336 g/mol. The van der Waals surface area contributed by atoms with Crippen molar-refractivity contribution in [1.82, 2.24) is 4.98 Å². The molecular formula is C10H4BrF3N2O3. The van der Waals surface area contributed by atoms with Gasteiger partial charge in [-0.1, -0.05) is 15.9 Å². The fourth-order valence-electron chi connectivity index (χ4n) is 1.59. The molecule has 0 amide bonds. The van der Waals surface area contributed by atoms with Crippen molar-refractivity contribution in [3.63, 3.8) is 0 Å². The summed E-state index contributed by atoms with van der Waals surface area (Å²) in [6, 6.07) is 1.62. The number of nitroso groups, excluding NO2 is 1. The molecule has 100 valence electrons. The number of alkyl halides is 3. The first-order chi connectivity index (χ1) is 8.75. The smallest absolute Gasteiger partial charge is 0.417 e. The Morgan fingerprint density at radius 3 is 2.47 bits per heavy atom. The summed E-state index contributed by atoms with van der Waals surface area (Å²) < 4.78 is 37.7. The molecule has 0 atom stereocenters. The second-order valence-corrected chi connectivity index (χ2v) is 4.47. The molecule has 0 spiro atoms. The van der Waals surface area contributed by atoms with E-state index >= 15 is 0 Å². The first kappa shape index (κ1) is 13.5. The third kappa shape index (κ3) is 2.21. The van der Waals surface area contributed by atoms with Gasteiger partial charge in [-0.2, -0.15) is 13.2 Å². The predicted molar refractivity (Wildman–Crippen MR) is 64.4 cm³/mol.